The summed E-state index contributed by atoms with van der Waals surface area (Å²) in [6, 6.07) is 4.81. The quantitative estimate of drug-likeness (QED) is 0.692. The van der Waals surface area contributed by atoms with Gasteiger partial charge in [0.15, 0.2) is 0 Å². The minimum absolute atomic E-state index is 0.146. The second-order valence-electron chi connectivity index (χ2n) is 4.17. The maximum Gasteiger partial charge on any atom is 0.236 e. The first kappa shape index (κ1) is 15.3. The third-order valence-electron chi connectivity index (χ3n) is 2.49. The molecule has 1 aromatic carbocycles. The van der Waals surface area contributed by atoms with E-state index in [0.29, 0.717) is 16.3 Å². The van der Waals surface area contributed by atoms with Gasteiger partial charge in [-0.2, -0.15) is 0 Å². The van der Waals surface area contributed by atoms with Crippen LogP contribution in [0, 0.1) is 0 Å². The third kappa shape index (κ3) is 4.42. The van der Waals surface area contributed by atoms with Crippen LogP contribution in [0.5, 0.6) is 0 Å². The molecular formula is C12H16ClN3O3. The van der Waals surface area contributed by atoms with E-state index < -0.39 is 17.9 Å². The summed E-state index contributed by atoms with van der Waals surface area (Å²) in [5.74, 6) is -1.17. The zero-order valence-corrected chi connectivity index (χ0v) is 11.2. The van der Waals surface area contributed by atoms with Crippen molar-refractivity contribution < 1.29 is 14.7 Å². The minimum atomic E-state index is -0.706. The Hall–Kier alpha value is -1.79. The van der Waals surface area contributed by atoms with Gasteiger partial charge in [-0.3, -0.25) is 9.59 Å². The first-order valence-corrected chi connectivity index (χ1v) is 5.98. The predicted octanol–water partition coefficient (Wildman–Crippen LogP) is 0.170. The van der Waals surface area contributed by atoms with Gasteiger partial charge < -0.3 is 21.5 Å². The van der Waals surface area contributed by atoms with E-state index in [1.54, 1.807) is 25.1 Å². The van der Waals surface area contributed by atoms with Gasteiger partial charge in [-0.05, 0) is 24.6 Å². The van der Waals surface area contributed by atoms with Crippen LogP contribution in [0.25, 0.3) is 0 Å². The number of halogens is 1. The molecule has 5 N–H and O–H groups in total. The lowest BCUT2D eigenvalue weighted by Crippen LogP contribution is -2.39. The first-order chi connectivity index (χ1) is 8.81. The number of aliphatic hydroxyl groups is 1. The second kappa shape index (κ2) is 6.40. The van der Waals surface area contributed by atoms with Crippen molar-refractivity contribution in [3.63, 3.8) is 0 Å². The Bertz CT molecular complexity index is 475. The molecule has 0 bridgehead atoms. The maximum absolute atomic E-state index is 11.0. The topological polar surface area (TPSA) is 110 Å². The summed E-state index contributed by atoms with van der Waals surface area (Å²) in [5, 5.41) is 9.82. The maximum atomic E-state index is 11.0. The molecule has 0 fully saturated rings. The number of hydrogen-bond donors (Lipinski definition) is 3. The SMILES string of the molecule is CC(O)c1ccc(N(CC(N)=O)CC(N)=O)cc1Cl. The second-order valence-corrected chi connectivity index (χ2v) is 4.58. The number of carbonyl (C=O) groups excluding carboxylic acids is 2. The van der Waals surface area contributed by atoms with Gasteiger partial charge in [0, 0.05) is 10.7 Å². The molecule has 0 aliphatic rings. The van der Waals surface area contributed by atoms with Gasteiger partial charge in [-0.1, -0.05) is 17.7 Å². The highest BCUT2D eigenvalue weighted by atomic mass is 35.5. The number of nitrogens with zero attached hydrogens (tertiary/aromatic N) is 1. The summed E-state index contributed by atoms with van der Waals surface area (Å²) in [6.07, 6.45) is -0.706. The molecule has 19 heavy (non-hydrogen) atoms. The highest BCUT2D eigenvalue weighted by Gasteiger charge is 2.14. The molecular weight excluding hydrogens is 270 g/mol. The van der Waals surface area contributed by atoms with Gasteiger partial charge >= 0.3 is 0 Å². The van der Waals surface area contributed by atoms with E-state index in [9.17, 15) is 14.7 Å². The Morgan fingerprint density at radius 2 is 1.84 bits per heavy atom. The molecule has 0 aliphatic carbocycles. The number of benzene rings is 1. The fraction of sp³-hybridized carbons (Fsp3) is 0.333. The number of primary amides is 2. The van der Waals surface area contributed by atoms with Crippen LogP contribution in [0.15, 0.2) is 18.2 Å². The van der Waals surface area contributed by atoms with Crippen molar-refractivity contribution in [3.05, 3.63) is 28.8 Å². The molecule has 104 valence electrons. The molecule has 0 saturated carbocycles. The standard InChI is InChI=1S/C12H16ClN3O3/c1-7(17)9-3-2-8(4-10(9)13)16(5-11(14)18)6-12(15)19/h2-4,7,17H,5-6H2,1H3,(H2,14,18)(H2,15,19). The van der Waals surface area contributed by atoms with Crippen LogP contribution in [0.2, 0.25) is 5.02 Å². The molecule has 1 unspecified atom stereocenters. The molecule has 0 spiro atoms. The zero-order valence-electron chi connectivity index (χ0n) is 10.5. The summed E-state index contributed by atoms with van der Waals surface area (Å²) < 4.78 is 0. The average Bonchev–Trinajstić information content (AvgIpc) is 2.26. The average molecular weight is 286 g/mol. The number of nitrogens with two attached hydrogens (primary N) is 2. The Morgan fingerprint density at radius 1 is 1.32 bits per heavy atom. The van der Waals surface area contributed by atoms with Crippen LogP contribution in [0.3, 0.4) is 0 Å². The molecule has 2 amide bonds. The number of hydrogen-bond acceptors (Lipinski definition) is 4. The monoisotopic (exact) mass is 285 g/mol. The number of amides is 2. The summed E-state index contributed by atoms with van der Waals surface area (Å²) in [5.41, 5.74) is 11.3. The molecule has 0 aliphatic heterocycles. The lowest BCUT2D eigenvalue weighted by atomic mass is 10.1. The van der Waals surface area contributed by atoms with Crippen molar-refractivity contribution in [1.29, 1.82) is 0 Å². The van der Waals surface area contributed by atoms with Crippen LogP contribution in [-0.4, -0.2) is 30.0 Å². The van der Waals surface area contributed by atoms with E-state index in [4.69, 9.17) is 23.1 Å². The molecule has 6 nitrogen and oxygen atoms in total. The number of anilines is 1. The fourth-order valence-corrected chi connectivity index (χ4v) is 2.00. The van der Waals surface area contributed by atoms with Crippen LogP contribution in [-0.2, 0) is 9.59 Å². The van der Waals surface area contributed by atoms with Gasteiger partial charge in [0.2, 0.25) is 11.8 Å². The Balaban J connectivity index is 3.05. The molecule has 7 heteroatoms. The summed E-state index contributed by atoms with van der Waals surface area (Å²) in [7, 11) is 0. The van der Waals surface area contributed by atoms with E-state index in [1.807, 2.05) is 0 Å². The Morgan fingerprint density at radius 3 is 2.21 bits per heavy atom. The number of aliphatic hydroxyl groups excluding tert-OH is 1. The summed E-state index contributed by atoms with van der Waals surface area (Å²) in [6.45, 7) is 1.30. The van der Waals surface area contributed by atoms with Crippen molar-refractivity contribution in [3.8, 4) is 0 Å². The van der Waals surface area contributed by atoms with Crippen LogP contribution >= 0.6 is 11.6 Å². The van der Waals surface area contributed by atoms with Crippen molar-refractivity contribution in [1.82, 2.24) is 0 Å². The largest absolute Gasteiger partial charge is 0.389 e. The number of carbonyl (C=O) groups is 2. The van der Waals surface area contributed by atoms with Gasteiger partial charge in [-0.15, -0.1) is 0 Å². The van der Waals surface area contributed by atoms with Gasteiger partial charge in [0.05, 0.1) is 19.2 Å². The summed E-state index contributed by atoms with van der Waals surface area (Å²) in [4.78, 5) is 23.4. The van der Waals surface area contributed by atoms with E-state index in [1.165, 1.54) is 4.90 Å². The highest BCUT2D eigenvalue weighted by Crippen LogP contribution is 2.27. The van der Waals surface area contributed by atoms with E-state index in [2.05, 4.69) is 0 Å². The molecule has 0 heterocycles. The molecule has 1 aromatic rings. The molecule has 1 atom stereocenters. The van der Waals surface area contributed by atoms with Crippen molar-refractivity contribution >= 4 is 29.1 Å². The van der Waals surface area contributed by atoms with Crippen molar-refractivity contribution in [2.75, 3.05) is 18.0 Å². The van der Waals surface area contributed by atoms with Crippen LogP contribution in [0.1, 0.15) is 18.6 Å². The zero-order chi connectivity index (χ0) is 14.6. The van der Waals surface area contributed by atoms with Crippen LogP contribution < -0.4 is 16.4 Å². The Labute approximate surface area is 115 Å². The summed E-state index contributed by atoms with van der Waals surface area (Å²) >= 11 is 6.02. The van der Waals surface area contributed by atoms with Gasteiger partial charge in [0.1, 0.15) is 0 Å². The normalized spacial score (nSPS) is 11.9. The van der Waals surface area contributed by atoms with E-state index >= 15 is 0 Å². The first-order valence-electron chi connectivity index (χ1n) is 5.60. The molecule has 0 aromatic heterocycles. The third-order valence-corrected chi connectivity index (χ3v) is 2.82. The Kier molecular flexibility index (Phi) is 5.14. The van der Waals surface area contributed by atoms with E-state index in [0.717, 1.165) is 0 Å². The number of rotatable bonds is 6. The van der Waals surface area contributed by atoms with E-state index in [-0.39, 0.29) is 13.1 Å². The predicted molar refractivity (Wildman–Crippen MR) is 72.7 cm³/mol. The van der Waals surface area contributed by atoms with Crippen molar-refractivity contribution in [2.45, 2.75) is 13.0 Å². The van der Waals surface area contributed by atoms with Gasteiger partial charge in [-0.25, -0.2) is 0 Å². The lowest BCUT2D eigenvalue weighted by Gasteiger charge is -2.22. The smallest absolute Gasteiger partial charge is 0.236 e. The minimum Gasteiger partial charge on any atom is -0.389 e. The molecule has 1 rings (SSSR count). The van der Waals surface area contributed by atoms with Gasteiger partial charge in [0.25, 0.3) is 0 Å². The van der Waals surface area contributed by atoms with Crippen LogP contribution in [0.4, 0.5) is 5.69 Å². The molecule has 0 saturated heterocycles. The highest BCUT2D eigenvalue weighted by molar-refractivity contribution is 6.31. The fourth-order valence-electron chi connectivity index (χ4n) is 1.67. The lowest BCUT2D eigenvalue weighted by molar-refractivity contribution is -0.117. The molecule has 0 radical (unpaired) electrons. The van der Waals surface area contributed by atoms with Crippen molar-refractivity contribution in [2.24, 2.45) is 11.5 Å².